The number of aliphatic hydroxyl groups is 1. The SMILES string of the molecule is CN1CCSCC1C(O)C1CC(C)(C)OC1(C)C. The summed E-state index contributed by atoms with van der Waals surface area (Å²) in [6.45, 7) is 9.56. The Morgan fingerprint density at radius 1 is 1.33 bits per heavy atom. The average Bonchev–Trinajstić information content (AvgIpc) is 2.46. The van der Waals surface area contributed by atoms with Crippen molar-refractivity contribution >= 4 is 11.8 Å². The van der Waals surface area contributed by atoms with Gasteiger partial charge >= 0.3 is 0 Å². The minimum Gasteiger partial charge on any atom is -0.391 e. The van der Waals surface area contributed by atoms with Crippen molar-refractivity contribution in [3.8, 4) is 0 Å². The molecule has 2 aliphatic rings. The Labute approximate surface area is 115 Å². The zero-order valence-corrected chi connectivity index (χ0v) is 13.1. The van der Waals surface area contributed by atoms with E-state index in [0.29, 0.717) is 0 Å². The maximum atomic E-state index is 10.8. The molecule has 2 heterocycles. The van der Waals surface area contributed by atoms with Crippen LogP contribution in [-0.4, -0.2) is 58.5 Å². The highest BCUT2D eigenvalue weighted by molar-refractivity contribution is 7.99. The van der Waals surface area contributed by atoms with E-state index in [0.717, 1.165) is 18.7 Å². The van der Waals surface area contributed by atoms with Crippen molar-refractivity contribution in [3.63, 3.8) is 0 Å². The summed E-state index contributed by atoms with van der Waals surface area (Å²) in [7, 11) is 2.13. The first-order valence-electron chi connectivity index (χ1n) is 6.89. The first-order chi connectivity index (χ1) is 8.23. The van der Waals surface area contributed by atoms with E-state index in [-0.39, 0.29) is 29.3 Å². The summed E-state index contributed by atoms with van der Waals surface area (Å²) in [4.78, 5) is 2.31. The minimum absolute atomic E-state index is 0.116. The van der Waals surface area contributed by atoms with Crippen LogP contribution in [0.3, 0.4) is 0 Å². The Morgan fingerprint density at radius 2 is 2.00 bits per heavy atom. The van der Waals surface area contributed by atoms with Gasteiger partial charge in [0.1, 0.15) is 0 Å². The number of ether oxygens (including phenoxy) is 1. The molecule has 3 atom stereocenters. The lowest BCUT2D eigenvalue weighted by molar-refractivity contribution is -0.0945. The number of thioether (sulfide) groups is 1. The Bertz CT molecular complexity index is 306. The van der Waals surface area contributed by atoms with Crippen LogP contribution >= 0.6 is 11.8 Å². The fourth-order valence-corrected chi connectivity index (χ4v) is 4.75. The lowest BCUT2D eigenvalue weighted by Crippen LogP contribution is -2.52. The molecule has 0 aromatic rings. The van der Waals surface area contributed by atoms with E-state index in [1.165, 1.54) is 5.75 Å². The van der Waals surface area contributed by atoms with Crippen LogP contribution in [0.25, 0.3) is 0 Å². The van der Waals surface area contributed by atoms with Crippen LogP contribution in [0, 0.1) is 5.92 Å². The highest BCUT2D eigenvalue weighted by Crippen LogP contribution is 2.45. The van der Waals surface area contributed by atoms with E-state index < -0.39 is 0 Å². The molecule has 1 N–H and O–H groups in total. The summed E-state index contributed by atoms with van der Waals surface area (Å²) in [5.41, 5.74) is -0.346. The third-order valence-corrected chi connectivity index (χ3v) is 5.44. The van der Waals surface area contributed by atoms with Gasteiger partial charge in [0, 0.05) is 30.0 Å². The van der Waals surface area contributed by atoms with Gasteiger partial charge in [-0.2, -0.15) is 11.8 Å². The summed E-state index contributed by atoms with van der Waals surface area (Å²) in [5.74, 6) is 2.43. The minimum atomic E-state index is -0.292. The lowest BCUT2D eigenvalue weighted by atomic mass is 9.80. The van der Waals surface area contributed by atoms with Crippen molar-refractivity contribution in [1.82, 2.24) is 4.90 Å². The maximum absolute atomic E-state index is 10.8. The van der Waals surface area contributed by atoms with Crippen molar-refractivity contribution in [2.75, 3.05) is 25.1 Å². The normalized spacial score (nSPS) is 37.7. The molecule has 0 aliphatic carbocycles. The van der Waals surface area contributed by atoms with E-state index in [1.54, 1.807) is 0 Å². The van der Waals surface area contributed by atoms with Gasteiger partial charge < -0.3 is 9.84 Å². The second-order valence-electron chi connectivity index (χ2n) is 6.89. The number of nitrogens with zero attached hydrogens (tertiary/aromatic N) is 1. The third-order valence-electron chi connectivity index (χ3n) is 4.39. The van der Waals surface area contributed by atoms with Gasteiger partial charge in [-0.25, -0.2) is 0 Å². The van der Waals surface area contributed by atoms with Gasteiger partial charge in [0.25, 0.3) is 0 Å². The van der Waals surface area contributed by atoms with Crippen molar-refractivity contribution in [3.05, 3.63) is 0 Å². The second kappa shape index (κ2) is 4.97. The van der Waals surface area contributed by atoms with Gasteiger partial charge in [-0.15, -0.1) is 0 Å². The summed E-state index contributed by atoms with van der Waals surface area (Å²) in [5, 5.41) is 10.8. The predicted molar refractivity (Wildman–Crippen MR) is 77.1 cm³/mol. The maximum Gasteiger partial charge on any atom is 0.0759 e. The van der Waals surface area contributed by atoms with Gasteiger partial charge in [-0.3, -0.25) is 4.90 Å². The molecule has 18 heavy (non-hydrogen) atoms. The van der Waals surface area contributed by atoms with Gasteiger partial charge in [0.15, 0.2) is 0 Å². The van der Waals surface area contributed by atoms with Gasteiger partial charge in [0.05, 0.1) is 17.3 Å². The molecule has 0 amide bonds. The van der Waals surface area contributed by atoms with E-state index in [1.807, 2.05) is 11.8 Å². The smallest absolute Gasteiger partial charge is 0.0759 e. The van der Waals surface area contributed by atoms with Crippen molar-refractivity contribution < 1.29 is 9.84 Å². The summed E-state index contributed by atoms with van der Waals surface area (Å²) < 4.78 is 6.11. The Morgan fingerprint density at radius 3 is 2.50 bits per heavy atom. The van der Waals surface area contributed by atoms with Crippen LogP contribution in [0.1, 0.15) is 34.1 Å². The number of rotatable bonds is 2. The molecule has 2 aliphatic heterocycles. The zero-order valence-electron chi connectivity index (χ0n) is 12.3. The number of aliphatic hydroxyl groups excluding tert-OH is 1. The highest BCUT2D eigenvalue weighted by Gasteiger charge is 2.50. The van der Waals surface area contributed by atoms with Crippen LogP contribution in [0.4, 0.5) is 0 Å². The van der Waals surface area contributed by atoms with Crippen LogP contribution in [0.15, 0.2) is 0 Å². The fourth-order valence-electron chi connectivity index (χ4n) is 3.47. The lowest BCUT2D eigenvalue weighted by Gasteiger charge is -2.40. The molecule has 0 aromatic heterocycles. The molecule has 4 heteroatoms. The molecule has 0 saturated carbocycles. The average molecular weight is 273 g/mol. The van der Waals surface area contributed by atoms with Crippen molar-refractivity contribution in [1.29, 1.82) is 0 Å². The van der Waals surface area contributed by atoms with E-state index in [9.17, 15) is 5.11 Å². The van der Waals surface area contributed by atoms with E-state index >= 15 is 0 Å². The van der Waals surface area contributed by atoms with Crippen LogP contribution < -0.4 is 0 Å². The Kier molecular flexibility index (Phi) is 4.04. The molecule has 0 bridgehead atoms. The Hall–Kier alpha value is 0.230. The van der Waals surface area contributed by atoms with E-state index in [2.05, 4.69) is 39.6 Å². The standard InChI is InChI=1S/C14H27NO2S/c1-13(2)8-10(14(3,4)17-13)12(16)11-9-18-7-6-15(11)5/h10-12,16H,6-9H2,1-5H3. The molecule has 106 valence electrons. The van der Waals surface area contributed by atoms with Gasteiger partial charge in [-0.05, 0) is 41.2 Å². The van der Waals surface area contributed by atoms with Crippen LogP contribution in [0.5, 0.6) is 0 Å². The second-order valence-corrected chi connectivity index (χ2v) is 8.04. The predicted octanol–water partition coefficient (Wildman–Crippen LogP) is 1.99. The first kappa shape index (κ1) is 14.6. The van der Waals surface area contributed by atoms with Crippen LogP contribution in [0.2, 0.25) is 0 Å². The fraction of sp³-hybridized carbons (Fsp3) is 1.00. The number of likely N-dealkylation sites (N-methyl/N-ethyl adjacent to an activating group) is 1. The quantitative estimate of drug-likeness (QED) is 0.834. The van der Waals surface area contributed by atoms with Crippen molar-refractivity contribution in [2.45, 2.75) is 57.5 Å². The van der Waals surface area contributed by atoms with E-state index in [4.69, 9.17) is 4.74 Å². The third kappa shape index (κ3) is 2.87. The summed E-state index contributed by atoms with van der Waals surface area (Å²) in [6.07, 6.45) is 0.649. The molecule has 0 spiro atoms. The summed E-state index contributed by atoms with van der Waals surface area (Å²) >= 11 is 1.95. The summed E-state index contributed by atoms with van der Waals surface area (Å²) in [6, 6.07) is 0.269. The molecule has 2 saturated heterocycles. The topological polar surface area (TPSA) is 32.7 Å². The first-order valence-corrected chi connectivity index (χ1v) is 8.05. The molecule has 3 nitrogen and oxygen atoms in total. The molecule has 2 rings (SSSR count). The molecule has 0 aromatic carbocycles. The van der Waals surface area contributed by atoms with Crippen LogP contribution in [-0.2, 0) is 4.74 Å². The highest BCUT2D eigenvalue weighted by atomic mass is 32.2. The Balaban J connectivity index is 2.10. The molecule has 0 radical (unpaired) electrons. The van der Waals surface area contributed by atoms with Gasteiger partial charge in [-0.1, -0.05) is 0 Å². The molecule has 3 unspecified atom stereocenters. The number of hydrogen-bond acceptors (Lipinski definition) is 4. The monoisotopic (exact) mass is 273 g/mol. The molecular formula is C14H27NO2S. The van der Waals surface area contributed by atoms with Crippen molar-refractivity contribution in [2.24, 2.45) is 5.92 Å². The zero-order chi connectivity index (χ0) is 13.6. The molecule has 2 fully saturated rings. The largest absolute Gasteiger partial charge is 0.391 e. The van der Waals surface area contributed by atoms with Gasteiger partial charge in [0.2, 0.25) is 0 Å². The number of hydrogen-bond donors (Lipinski definition) is 1. The molecular weight excluding hydrogens is 246 g/mol.